The number of nitrogens with zero attached hydrogens (tertiary/aromatic N) is 2. The quantitative estimate of drug-likeness (QED) is 0.625. The maximum atomic E-state index is 12.8. The smallest absolute Gasteiger partial charge is 0.308 e. The second kappa shape index (κ2) is 8.05. The summed E-state index contributed by atoms with van der Waals surface area (Å²) in [4.78, 5) is 26.4. The van der Waals surface area contributed by atoms with Crippen molar-refractivity contribution in [2.75, 3.05) is 17.8 Å². The molecule has 1 aliphatic heterocycles. The van der Waals surface area contributed by atoms with Crippen molar-refractivity contribution in [3.8, 4) is 0 Å². The third kappa shape index (κ3) is 4.10. The molecule has 2 heterocycles. The lowest BCUT2D eigenvalue weighted by atomic mass is 10.2. The minimum Gasteiger partial charge on any atom is -0.341 e. The standard InChI is InChI=1S/C20H20ClN3O4S2/c1-13-10-14(21)4-6-16(13)22-30(27,28)15-5-7-17-18(11-15)29-20(26)24(17)12-19(25)23-8-2-3-9-23/h4-7,10-11,22H,2-3,8-9,12H2,1H3. The molecule has 10 heteroatoms. The zero-order valence-electron chi connectivity index (χ0n) is 16.2. The molecular weight excluding hydrogens is 446 g/mol. The Bertz CT molecular complexity index is 1290. The molecule has 0 radical (unpaired) electrons. The topological polar surface area (TPSA) is 88.5 Å². The van der Waals surface area contributed by atoms with Crippen molar-refractivity contribution in [1.29, 1.82) is 0 Å². The van der Waals surface area contributed by atoms with Gasteiger partial charge < -0.3 is 4.90 Å². The number of anilines is 1. The maximum Gasteiger partial charge on any atom is 0.308 e. The number of amides is 1. The summed E-state index contributed by atoms with van der Waals surface area (Å²) in [5.74, 6) is -0.0918. The average Bonchev–Trinajstić information content (AvgIpc) is 3.32. The van der Waals surface area contributed by atoms with E-state index in [-0.39, 0.29) is 22.2 Å². The Labute approximate surface area is 182 Å². The highest BCUT2D eigenvalue weighted by Gasteiger charge is 2.22. The molecule has 30 heavy (non-hydrogen) atoms. The van der Waals surface area contributed by atoms with Gasteiger partial charge in [-0.15, -0.1) is 0 Å². The highest BCUT2D eigenvalue weighted by molar-refractivity contribution is 7.92. The number of aryl methyl sites for hydroxylation is 1. The summed E-state index contributed by atoms with van der Waals surface area (Å²) >= 11 is 6.86. The number of hydrogen-bond donors (Lipinski definition) is 1. The van der Waals surface area contributed by atoms with Crippen LogP contribution in [0.3, 0.4) is 0 Å². The van der Waals surface area contributed by atoms with Gasteiger partial charge in [0, 0.05) is 18.1 Å². The Morgan fingerprint density at radius 2 is 1.90 bits per heavy atom. The molecule has 1 fully saturated rings. The van der Waals surface area contributed by atoms with Crippen LogP contribution >= 0.6 is 22.9 Å². The Hall–Kier alpha value is -2.36. The highest BCUT2D eigenvalue weighted by Crippen LogP contribution is 2.26. The molecule has 1 aliphatic rings. The number of halogens is 1. The molecule has 0 atom stereocenters. The van der Waals surface area contributed by atoms with E-state index in [0.29, 0.717) is 39.6 Å². The van der Waals surface area contributed by atoms with Crippen LogP contribution in [-0.4, -0.2) is 36.9 Å². The third-order valence-electron chi connectivity index (χ3n) is 5.13. The van der Waals surface area contributed by atoms with E-state index in [9.17, 15) is 18.0 Å². The Kier molecular flexibility index (Phi) is 5.61. The second-order valence-electron chi connectivity index (χ2n) is 7.24. The van der Waals surface area contributed by atoms with Gasteiger partial charge in [0.2, 0.25) is 5.91 Å². The van der Waals surface area contributed by atoms with Crippen LogP contribution in [0.15, 0.2) is 46.1 Å². The lowest BCUT2D eigenvalue weighted by Gasteiger charge is -2.15. The molecule has 0 saturated carbocycles. The zero-order chi connectivity index (χ0) is 21.5. The molecule has 3 aromatic rings. The molecule has 1 amide bonds. The number of aromatic nitrogens is 1. The summed E-state index contributed by atoms with van der Waals surface area (Å²) in [6.45, 7) is 3.16. The van der Waals surface area contributed by atoms with Crippen LogP contribution in [-0.2, 0) is 21.4 Å². The van der Waals surface area contributed by atoms with Crippen molar-refractivity contribution in [3.05, 3.63) is 56.7 Å². The van der Waals surface area contributed by atoms with E-state index < -0.39 is 10.0 Å². The minimum absolute atomic E-state index is 0.0346. The first-order valence-electron chi connectivity index (χ1n) is 9.45. The van der Waals surface area contributed by atoms with Crippen molar-refractivity contribution in [2.24, 2.45) is 0 Å². The van der Waals surface area contributed by atoms with Crippen molar-refractivity contribution in [3.63, 3.8) is 0 Å². The molecule has 1 N–H and O–H groups in total. The summed E-state index contributed by atoms with van der Waals surface area (Å²) in [7, 11) is -3.85. The second-order valence-corrected chi connectivity index (χ2v) is 10.3. The fourth-order valence-corrected chi connectivity index (χ4v) is 5.90. The molecule has 0 unspecified atom stereocenters. The van der Waals surface area contributed by atoms with Crippen molar-refractivity contribution in [1.82, 2.24) is 9.47 Å². The van der Waals surface area contributed by atoms with Gasteiger partial charge in [-0.25, -0.2) is 8.42 Å². The number of carbonyl (C=O) groups excluding carboxylic acids is 1. The summed E-state index contributed by atoms with van der Waals surface area (Å²) in [6, 6.07) is 9.37. The molecule has 158 valence electrons. The van der Waals surface area contributed by atoms with Gasteiger partial charge in [-0.3, -0.25) is 18.9 Å². The van der Waals surface area contributed by atoms with Crippen LogP contribution in [0.4, 0.5) is 5.69 Å². The molecule has 7 nitrogen and oxygen atoms in total. The van der Waals surface area contributed by atoms with E-state index in [1.807, 2.05) is 0 Å². The average molecular weight is 466 g/mol. The summed E-state index contributed by atoms with van der Waals surface area (Å²) in [5.41, 5.74) is 1.68. The predicted octanol–water partition coefficient (Wildman–Crippen LogP) is 3.45. The number of nitrogens with one attached hydrogen (secondary N) is 1. The number of likely N-dealkylation sites (tertiary alicyclic amines) is 1. The van der Waals surface area contributed by atoms with E-state index in [1.165, 1.54) is 16.7 Å². The summed E-state index contributed by atoms with van der Waals surface area (Å²) in [5, 5.41) is 0.520. The Morgan fingerprint density at radius 3 is 2.60 bits per heavy atom. The number of hydrogen-bond acceptors (Lipinski definition) is 5. The van der Waals surface area contributed by atoms with Gasteiger partial charge in [-0.1, -0.05) is 22.9 Å². The first kappa shape index (κ1) is 20.9. The molecule has 1 saturated heterocycles. The number of carbonyl (C=O) groups is 1. The fraction of sp³-hybridized carbons (Fsp3) is 0.300. The lowest BCUT2D eigenvalue weighted by molar-refractivity contribution is -0.130. The van der Waals surface area contributed by atoms with Crippen LogP contribution in [0.25, 0.3) is 10.2 Å². The maximum absolute atomic E-state index is 12.8. The van der Waals surface area contributed by atoms with Crippen LogP contribution in [0.1, 0.15) is 18.4 Å². The van der Waals surface area contributed by atoms with Crippen molar-refractivity contribution in [2.45, 2.75) is 31.2 Å². The van der Waals surface area contributed by atoms with E-state index >= 15 is 0 Å². The number of thiazole rings is 1. The predicted molar refractivity (Wildman–Crippen MR) is 119 cm³/mol. The minimum atomic E-state index is -3.85. The van der Waals surface area contributed by atoms with Crippen LogP contribution in [0, 0.1) is 6.92 Å². The highest BCUT2D eigenvalue weighted by atomic mass is 35.5. The molecule has 0 spiro atoms. The van der Waals surface area contributed by atoms with E-state index in [4.69, 9.17) is 11.6 Å². The normalized spacial score (nSPS) is 14.4. The van der Waals surface area contributed by atoms with Gasteiger partial charge in [0.05, 0.1) is 20.8 Å². The number of rotatable bonds is 5. The zero-order valence-corrected chi connectivity index (χ0v) is 18.6. The molecule has 0 bridgehead atoms. The molecule has 0 aliphatic carbocycles. The third-order valence-corrected chi connectivity index (χ3v) is 7.68. The van der Waals surface area contributed by atoms with Gasteiger partial charge in [-0.2, -0.15) is 0 Å². The Balaban J connectivity index is 1.63. The fourth-order valence-electron chi connectivity index (χ4n) is 3.51. The summed E-state index contributed by atoms with van der Waals surface area (Å²) in [6.07, 6.45) is 1.96. The van der Waals surface area contributed by atoms with Crippen LogP contribution < -0.4 is 9.60 Å². The largest absolute Gasteiger partial charge is 0.341 e. The van der Waals surface area contributed by atoms with Crippen LogP contribution in [0.5, 0.6) is 0 Å². The van der Waals surface area contributed by atoms with Gasteiger partial charge in [0.25, 0.3) is 10.0 Å². The van der Waals surface area contributed by atoms with E-state index in [0.717, 1.165) is 24.2 Å². The molecule has 4 rings (SSSR count). The molecular formula is C20H20ClN3O4S2. The number of benzene rings is 2. The Morgan fingerprint density at radius 1 is 1.17 bits per heavy atom. The van der Waals surface area contributed by atoms with Crippen LogP contribution in [0.2, 0.25) is 5.02 Å². The van der Waals surface area contributed by atoms with Gasteiger partial charge in [0.15, 0.2) is 0 Å². The number of sulfonamides is 1. The van der Waals surface area contributed by atoms with Crippen molar-refractivity contribution >= 4 is 54.8 Å². The monoisotopic (exact) mass is 465 g/mol. The van der Waals surface area contributed by atoms with Crippen molar-refractivity contribution < 1.29 is 13.2 Å². The summed E-state index contributed by atoms with van der Waals surface area (Å²) < 4.78 is 30.2. The lowest BCUT2D eigenvalue weighted by Crippen LogP contribution is -2.33. The first-order chi connectivity index (χ1) is 14.2. The molecule has 2 aromatic carbocycles. The number of fused-ring (bicyclic) bond motifs is 1. The first-order valence-corrected chi connectivity index (χ1v) is 12.1. The van der Waals surface area contributed by atoms with Gasteiger partial charge in [-0.05, 0) is 61.7 Å². The van der Waals surface area contributed by atoms with Gasteiger partial charge in [0.1, 0.15) is 6.54 Å². The van der Waals surface area contributed by atoms with Gasteiger partial charge >= 0.3 is 4.87 Å². The van der Waals surface area contributed by atoms with E-state index in [2.05, 4.69) is 4.72 Å². The SMILES string of the molecule is Cc1cc(Cl)ccc1NS(=O)(=O)c1ccc2c(c1)sc(=O)n2CC(=O)N1CCCC1. The molecule has 1 aromatic heterocycles. The van der Waals surface area contributed by atoms with E-state index in [1.54, 1.807) is 36.1 Å².